The van der Waals surface area contributed by atoms with Crippen LogP contribution in [0.1, 0.15) is 5.56 Å². The number of benzene rings is 1. The van der Waals surface area contributed by atoms with Crippen LogP contribution in [0.3, 0.4) is 0 Å². The summed E-state index contributed by atoms with van der Waals surface area (Å²) in [6.07, 6.45) is 0.588. The highest BCUT2D eigenvalue weighted by molar-refractivity contribution is 6.01. The standard InChI is InChI=1S/C11H10N4O2/c12-14-9-3-1-8(2-4-9)5-6-15-10(16)7-13-11(15)17/h1-4H,5-7H2/p+1. The van der Waals surface area contributed by atoms with E-state index in [0.29, 0.717) is 18.7 Å². The minimum atomic E-state index is -0.336. The van der Waals surface area contributed by atoms with Crippen molar-refractivity contribution in [3.05, 3.63) is 34.8 Å². The molecule has 0 saturated carbocycles. The lowest BCUT2D eigenvalue weighted by molar-refractivity contribution is -0.124. The van der Waals surface area contributed by atoms with E-state index in [1.165, 1.54) is 4.90 Å². The third-order valence-electron chi connectivity index (χ3n) is 2.61. The number of carbonyl (C=O) groups excluding carboxylic acids is 2. The Bertz CT molecular complexity index is 473. The molecule has 1 aliphatic heterocycles. The Morgan fingerprint density at radius 2 is 2.00 bits per heavy atom. The van der Waals surface area contributed by atoms with E-state index in [-0.39, 0.29) is 18.5 Å². The van der Waals surface area contributed by atoms with Gasteiger partial charge in [0.15, 0.2) is 4.98 Å². The van der Waals surface area contributed by atoms with Crippen molar-refractivity contribution in [2.75, 3.05) is 13.1 Å². The quantitative estimate of drug-likeness (QED) is 0.628. The molecule has 0 spiro atoms. The Morgan fingerprint density at radius 3 is 2.53 bits per heavy atom. The number of urea groups is 1. The van der Waals surface area contributed by atoms with E-state index in [1.54, 1.807) is 24.3 Å². The number of rotatable bonds is 3. The molecule has 1 aliphatic rings. The van der Waals surface area contributed by atoms with E-state index >= 15 is 0 Å². The van der Waals surface area contributed by atoms with E-state index < -0.39 is 0 Å². The molecule has 6 nitrogen and oxygen atoms in total. The zero-order valence-corrected chi connectivity index (χ0v) is 9.09. The number of diazo groups is 1. The number of imide groups is 1. The fourth-order valence-corrected chi connectivity index (χ4v) is 1.65. The molecule has 1 fully saturated rings. The topological polar surface area (TPSA) is 77.6 Å². The Hall–Kier alpha value is -2.42. The van der Waals surface area contributed by atoms with Crippen LogP contribution in [0.15, 0.2) is 24.3 Å². The lowest BCUT2D eigenvalue weighted by atomic mass is 10.1. The summed E-state index contributed by atoms with van der Waals surface area (Å²) in [5.74, 6) is -0.197. The maximum atomic E-state index is 11.3. The zero-order valence-electron chi connectivity index (χ0n) is 9.09. The number of nitrogens with zero attached hydrogens (tertiary/aromatic N) is 3. The molecule has 86 valence electrons. The van der Waals surface area contributed by atoms with Crippen molar-refractivity contribution in [3.63, 3.8) is 0 Å². The van der Waals surface area contributed by atoms with Gasteiger partial charge in [-0.25, -0.2) is 4.79 Å². The van der Waals surface area contributed by atoms with E-state index in [9.17, 15) is 9.59 Å². The smallest absolute Gasteiger partial charge is 0.329 e. The minimum absolute atomic E-state index is 0.0845. The molecule has 0 aromatic heterocycles. The molecule has 0 radical (unpaired) electrons. The SMILES string of the molecule is N#[N+]c1ccc(CCN2C(=O)CNC2=O)cc1. The Kier molecular flexibility index (Phi) is 3.01. The summed E-state index contributed by atoms with van der Waals surface area (Å²) in [4.78, 5) is 26.8. The first-order valence-electron chi connectivity index (χ1n) is 5.23. The molecule has 1 aromatic rings. The van der Waals surface area contributed by atoms with Crippen LogP contribution in [-0.2, 0) is 11.2 Å². The van der Waals surface area contributed by atoms with Gasteiger partial charge in [0, 0.05) is 18.7 Å². The molecule has 6 heteroatoms. The van der Waals surface area contributed by atoms with Crippen LogP contribution in [0.4, 0.5) is 10.5 Å². The highest BCUT2D eigenvalue weighted by atomic mass is 16.2. The lowest BCUT2D eigenvalue weighted by Crippen LogP contribution is -2.32. The van der Waals surface area contributed by atoms with Gasteiger partial charge in [-0.2, -0.15) is 0 Å². The van der Waals surface area contributed by atoms with Crippen molar-refractivity contribution in [2.45, 2.75) is 6.42 Å². The fraction of sp³-hybridized carbons (Fsp3) is 0.273. The molecule has 0 unspecified atom stereocenters. The van der Waals surface area contributed by atoms with Crippen LogP contribution in [0.2, 0.25) is 0 Å². The summed E-state index contributed by atoms with van der Waals surface area (Å²) in [5, 5.41) is 11.0. The minimum Gasteiger partial charge on any atom is -0.329 e. The second kappa shape index (κ2) is 4.61. The van der Waals surface area contributed by atoms with Gasteiger partial charge in [-0.3, -0.25) is 9.69 Å². The predicted molar refractivity (Wildman–Crippen MR) is 60.0 cm³/mol. The average Bonchev–Trinajstić information content (AvgIpc) is 2.67. The van der Waals surface area contributed by atoms with E-state index in [0.717, 1.165) is 5.56 Å². The molecule has 1 heterocycles. The van der Waals surface area contributed by atoms with Gasteiger partial charge >= 0.3 is 11.7 Å². The van der Waals surface area contributed by atoms with Gasteiger partial charge in [-0.1, -0.05) is 12.1 Å². The summed E-state index contributed by atoms with van der Waals surface area (Å²) in [6.45, 7) is 0.446. The van der Waals surface area contributed by atoms with Crippen molar-refractivity contribution in [3.8, 4) is 0 Å². The third-order valence-corrected chi connectivity index (χ3v) is 2.61. The Labute approximate surface area is 97.8 Å². The number of hydrogen-bond acceptors (Lipinski definition) is 3. The van der Waals surface area contributed by atoms with Crippen molar-refractivity contribution in [2.24, 2.45) is 0 Å². The van der Waals surface area contributed by atoms with Crippen molar-refractivity contribution < 1.29 is 9.59 Å². The van der Waals surface area contributed by atoms with E-state index in [4.69, 9.17) is 5.39 Å². The highest BCUT2D eigenvalue weighted by Crippen LogP contribution is 2.13. The number of hydrogen-bond donors (Lipinski definition) is 1. The predicted octanol–water partition coefficient (Wildman–Crippen LogP) is 1.27. The molecule has 17 heavy (non-hydrogen) atoms. The summed E-state index contributed by atoms with van der Waals surface area (Å²) < 4.78 is 0. The summed E-state index contributed by atoms with van der Waals surface area (Å²) >= 11 is 0. The van der Waals surface area contributed by atoms with Crippen LogP contribution in [0.25, 0.3) is 4.98 Å². The molecule has 0 bridgehead atoms. The Balaban J connectivity index is 1.95. The normalized spacial score (nSPS) is 14.6. The van der Waals surface area contributed by atoms with Crippen molar-refractivity contribution >= 4 is 17.6 Å². The first-order valence-corrected chi connectivity index (χ1v) is 5.23. The molecule has 0 atom stereocenters. The van der Waals surface area contributed by atoms with Gasteiger partial charge in [0.1, 0.15) is 0 Å². The first kappa shape index (κ1) is 11.1. The third kappa shape index (κ3) is 2.39. The fourth-order valence-electron chi connectivity index (χ4n) is 1.65. The molecule has 1 aromatic carbocycles. The zero-order chi connectivity index (χ0) is 12.3. The maximum absolute atomic E-state index is 11.3. The van der Waals surface area contributed by atoms with Gasteiger partial charge in [-0.05, 0) is 12.0 Å². The van der Waals surface area contributed by atoms with Gasteiger partial charge in [0.25, 0.3) is 0 Å². The molecule has 3 amide bonds. The Morgan fingerprint density at radius 1 is 1.29 bits per heavy atom. The van der Waals surface area contributed by atoms with Crippen LogP contribution < -0.4 is 5.32 Å². The molecule has 1 N–H and O–H groups in total. The molecular formula is C11H11N4O2+. The summed E-state index contributed by atoms with van der Waals surface area (Å²) in [5.41, 5.74) is 1.45. The molecule has 0 aliphatic carbocycles. The van der Waals surface area contributed by atoms with E-state index in [2.05, 4.69) is 10.3 Å². The number of nitrogens with one attached hydrogen (secondary N) is 1. The van der Waals surface area contributed by atoms with Crippen LogP contribution in [0.5, 0.6) is 0 Å². The van der Waals surface area contributed by atoms with Crippen molar-refractivity contribution in [1.82, 2.24) is 10.2 Å². The van der Waals surface area contributed by atoms with Crippen LogP contribution in [-0.4, -0.2) is 29.9 Å². The molecule has 1 saturated heterocycles. The van der Waals surface area contributed by atoms with Gasteiger partial charge in [-0.15, -0.1) is 0 Å². The van der Waals surface area contributed by atoms with Gasteiger partial charge in [0.05, 0.1) is 6.54 Å². The number of amides is 3. The number of carbonyl (C=O) groups is 2. The average molecular weight is 231 g/mol. The summed E-state index contributed by atoms with van der Waals surface area (Å²) in [6, 6.07) is 6.60. The van der Waals surface area contributed by atoms with Gasteiger partial charge < -0.3 is 5.32 Å². The van der Waals surface area contributed by atoms with Crippen LogP contribution in [0, 0.1) is 5.39 Å². The lowest BCUT2D eigenvalue weighted by Gasteiger charge is -2.11. The molecule has 2 rings (SSSR count). The largest absolute Gasteiger partial charge is 0.385 e. The van der Waals surface area contributed by atoms with Crippen molar-refractivity contribution in [1.29, 1.82) is 5.39 Å². The monoisotopic (exact) mass is 231 g/mol. The second-order valence-electron chi connectivity index (χ2n) is 3.72. The first-order chi connectivity index (χ1) is 8.20. The molecular weight excluding hydrogens is 220 g/mol. The second-order valence-corrected chi connectivity index (χ2v) is 3.72. The highest BCUT2D eigenvalue weighted by Gasteiger charge is 2.27. The maximum Gasteiger partial charge on any atom is 0.385 e. The van der Waals surface area contributed by atoms with E-state index in [1.807, 2.05) is 0 Å². The van der Waals surface area contributed by atoms with Crippen LogP contribution >= 0.6 is 0 Å². The summed E-state index contributed by atoms with van der Waals surface area (Å²) in [7, 11) is 0. The van der Waals surface area contributed by atoms with Gasteiger partial charge in [0.2, 0.25) is 11.3 Å².